The largest absolute Gasteiger partial charge is 0.295 e. The number of carbonyl (C=O) groups is 1. The summed E-state index contributed by atoms with van der Waals surface area (Å²) in [6.07, 6.45) is 9.07. The van der Waals surface area contributed by atoms with E-state index in [1.54, 1.807) is 6.92 Å². The van der Waals surface area contributed by atoms with Gasteiger partial charge in [-0.2, -0.15) is 0 Å². The number of Topliss-reactive ketones (excluding diaryl/α,β-unsaturated/α-hetero) is 1. The normalized spacial score (nSPS) is 12.7. The quantitative estimate of drug-likeness (QED) is 0.328. The summed E-state index contributed by atoms with van der Waals surface area (Å²) in [5.74, 6) is 0.0930. The molecule has 0 atom stereocenters. The summed E-state index contributed by atoms with van der Waals surface area (Å²) in [5, 5.41) is 0. The maximum atomic E-state index is 12.2. The van der Waals surface area contributed by atoms with Crippen LogP contribution in [0, 0.1) is 0 Å². The average molecular weight is 463 g/mol. The van der Waals surface area contributed by atoms with Gasteiger partial charge in [0.1, 0.15) is 0 Å². The van der Waals surface area contributed by atoms with E-state index in [1.807, 2.05) is 30.9 Å². The maximum Gasteiger partial charge on any atom is 0.159 e. The second-order valence-corrected chi connectivity index (χ2v) is 8.01. The number of hydrogen-bond acceptors (Lipinski definition) is 3. The summed E-state index contributed by atoms with van der Waals surface area (Å²) < 4.78 is 0. The molecule has 2 aromatic carbocycles. The molecule has 0 fully saturated rings. The number of pyridine rings is 2. The van der Waals surface area contributed by atoms with Gasteiger partial charge in [-0.3, -0.25) is 14.8 Å². The van der Waals surface area contributed by atoms with Crippen LogP contribution in [0.4, 0.5) is 0 Å². The first-order valence-corrected chi connectivity index (χ1v) is 10.2. The van der Waals surface area contributed by atoms with E-state index in [1.165, 1.54) is 33.4 Å². The van der Waals surface area contributed by atoms with Crippen LogP contribution in [0.5, 0.6) is 0 Å². The number of fused-ring (bicyclic) bond motifs is 3. The zero-order valence-corrected chi connectivity index (χ0v) is 19.3. The van der Waals surface area contributed by atoms with Crippen molar-refractivity contribution in [1.29, 1.82) is 0 Å². The highest BCUT2D eigenvalue weighted by molar-refractivity contribution is 5.96. The van der Waals surface area contributed by atoms with Crippen LogP contribution in [0.15, 0.2) is 91.5 Å². The number of nitrogens with zero attached hydrogens (tertiary/aromatic N) is 2. The minimum absolute atomic E-state index is 0. The Morgan fingerprint density at radius 3 is 1.81 bits per heavy atom. The highest BCUT2D eigenvalue weighted by Crippen LogP contribution is 2.52. The van der Waals surface area contributed by atoms with Crippen molar-refractivity contribution in [3.63, 3.8) is 0 Å². The molecule has 2 aromatic heterocycles. The summed E-state index contributed by atoms with van der Waals surface area (Å²) in [7, 11) is 0. The predicted molar refractivity (Wildman–Crippen MR) is 133 cm³/mol. The SMILES string of the molecule is CC(=O)c1ccc2c(c1)C(Cc1ccncc1)(Cc1ccncc1)c1ccccc1-2.Cl.Cl. The maximum absolute atomic E-state index is 12.2. The van der Waals surface area contributed by atoms with Crippen molar-refractivity contribution in [3.05, 3.63) is 119 Å². The second-order valence-electron chi connectivity index (χ2n) is 8.01. The third-order valence-electron chi connectivity index (χ3n) is 6.18. The predicted octanol–water partition coefficient (Wildman–Crippen LogP) is 6.27. The van der Waals surface area contributed by atoms with E-state index >= 15 is 0 Å². The fourth-order valence-electron chi connectivity index (χ4n) is 4.82. The Bertz CT molecular complexity index is 1190. The van der Waals surface area contributed by atoms with Gasteiger partial charge >= 0.3 is 0 Å². The average Bonchev–Trinajstić information content (AvgIpc) is 3.04. The molecule has 4 aromatic rings. The first-order chi connectivity index (χ1) is 14.7. The zero-order valence-electron chi connectivity index (χ0n) is 17.7. The Morgan fingerprint density at radius 1 is 0.719 bits per heavy atom. The molecule has 5 heteroatoms. The van der Waals surface area contributed by atoms with Gasteiger partial charge in [-0.1, -0.05) is 36.4 Å². The van der Waals surface area contributed by atoms with Gasteiger partial charge in [0.2, 0.25) is 0 Å². The molecular formula is C27H24Cl2N2O. The molecule has 5 rings (SSSR count). The lowest BCUT2D eigenvalue weighted by Crippen LogP contribution is -2.31. The van der Waals surface area contributed by atoms with Crippen molar-refractivity contribution in [2.24, 2.45) is 0 Å². The zero-order chi connectivity index (χ0) is 20.6. The van der Waals surface area contributed by atoms with Gasteiger partial charge in [0.15, 0.2) is 5.78 Å². The molecule has 1 aliphatic carbocycles. The van der Waals surface area contributed by atoms with Crippen molar-refractivity contribution in [1.82, 2.24) is 9.97 Å². The molecule has 0 bridgehead atoms. The van der Waals surface area contributed by atoms with Gasteiger partial charge in [-0.15, -0.1) is 24.8 Å². The van der Waals surface area contributed by atoms with Gasteiger partial charge in [0, 0.05) is 35.8 Å². The Hall–Kier alpha value is -3.01. The van der Waals surface area contributed by atoms with E-state index in [9.17, 15) is 4.79 Å². The summed E-state index contributed by atoms with van der Waals surface area (Å²) in [6.45, 7) is 1.64. The van der Waals surface area contributed by atoms with Crippen LogP contribution in [0.1, 0.15) is 39.5 Å². The van der Waals surface area contributed by atoms with Crippen LogP contribution >= 0.6 is 24.8 Å². The first kappa shape index (κ1) is 23.6. The molecule has 3 nitrogen and oxygen atoms in total. The Kier molecular flexibility index (Phi) is 7.12. The minimum Gasteiger partial charge on any atom is -0.295 e. The Balaban J connectivity index is 0.00000144. The lowest BCUT2D eigenvalue weighted by atomic mass is 9.69. The molecule has 0 saturated heterocycles. The molecule has 0 saturated carbocycles. The molecule has 0 unspecified atom stereocenters. The fraction of sp³-hybridized carbons (Fsp3) is 0.148. The molecule has 2 heterocycles. The number of benzene rings is 2. The molecule has 0 amide bonds. The van der Waals surface area contributed by atoms with Crippen LogP contribution in [0.25, 0.3) is 11.1 Å². The van der Waals surface area contributed by atoms with E-state index in [-0.39, 0.29) is 36.0 Å². The third-order valence-corrected chi connectivity index (χ3v) is 6.18. The summed E-state index contributed by atoms with van der Waals surface area (Å²) in [6, 6.07) is 23.2. The number of aromatic nitrogens is 2. The van der Waals surface area contributed by atoms with Crippen LogP contribution in [0.2, 0.25) is 0 Å². The lowest BCUT2D eigenvalue weighted by Gasteiger charge is -2.33. The minimum atomic E-state index is -0.264. The smallest absolute Gasteiger partial charge is 0.159 e. The molecule has 162 valence electrons. The van der Waals surface area contributed by atoms with E-state index in [0.717, 1.165) is 18.4 Å². The number of halogens is 2. The standard InChI is InChI=1S/C27H22N2O.2ClH/c1-19(30)22-6-7-24-23-4-2-3-5-25(23)27(26(24)16-22,17-20-8-12-28-13-9-20)18-21-10-14-29-15-11-21;;/h2-16H,17-18H2,1H3;2*1H. The molecule has 32 heavy (non-hydrogen) atoms. The second kappa shape index (κ2) is 9.64. The summed E-state index contributed by atoms with van der Waals surface area (Å²) in [5.41, 5.74) is 7.98. The topological polar surface area (TPSA) is 42.9 Å². The molecule has 1 aliphatic rings. The van der Waals surface area contributed by atoms with E-state index < -0.39 is 0 Å². The number of rotatable bonds is 5. The van der Waals surface area contributed by atoms with Gasteiger partial charge in [-0.05, 0) is 83.5 Å². The Morgan fingerprint density at radius 2 is 1.25 bits per heavy atom. The number of carbonyl (C=O) groups excluding carboxylic acids is 1. The van der Waals surface area contributed by atoms with Crippen molar-refractivity contribution in [3.8, 4) is 11.1 Å². The molecule has 0 radical (unpaired) electrons. The molecular weight excluding hydrogens is 439 g/mol. The van der Waals surface area contributed by atoms with Crippen molar-refractivity contribution < 1.29 is 4.79 Å². The molecule has 0 spiro atoms. The van der Waals surface area contributed by atoms with Crippen molar-refractivity contribution >= 4 is 30.6 Å². The summed E-state index contributed by atoms with van der Waals surface area (Å²) >= 11 is 0. The summed E-state index contributed by atoms with van der Waals surface area (Å²) in [4.78, 5) is 20.6. The highest BCUT2D eigenvalue weighted by Gasteiger charge is 2.43. The lowest BCUT2D eigenvalue weighted by molar-refractivity contribution is 0.101. The van der Waals surface area contributed by atoms with Crippen LogP contribution in [-0.4, -0.2) is 15.8 Å². The molecule has 0 N–H and O–H groups in total. The van der Waals surface area contributed by atoms with Crippen LogP contribution < -0.4 is 0 Å². The Labute approximate surface area is 200 Å². The van der Waals surface area contributed by atoms with E-state index in [0.29, 0.717) is 0 Å². The van der Waals surface area contributed by atoms with Crippen LogP contribution in [-0.2, 0) is 18.3 Å². The van der Waals surface area contributed by atoms with E-state index in [2.05, 4.69) is 70.6 Å². The van der Waals surface area contributed by atoms with Gasteiger partial charge in [0.25, 0.3) is 0 Å². The third kappa shape index (κ3) is 4.06. The molecule has 0 aliphatic heterocycles. The number of hydrogen-bond donors (Lipinski definition) is 0. The highest BCUT2D eigenvalue weighted by atomic mass is 35.5. The number of ketones is 1. The van der Waals surface area contributed by atoms with Gasteiger partial charge in [0.05, 0.1) is 0 Å². The fourth-order valence-corrected chi connectivity index (χ4v) is 4.82. The van der Waals surface area contributed by atoms with Gasteiger partial charge in [-0.25, -0.2) is 0 Å². The van der Waals surface area contributed by atoms with E-state index in [4.69, 9.17) is 0 Å². The first-order valence-electron chi connectivity index (χ1n) is 10.2. The van der Waals surface area contributed by atoms with Crippen LogP contribution in [0.3, 0.4) is 0 Å². The van der Waals surface area contributed by atoms with Crippen molar-refractivity contribution in [2.45, 2.75) is 25.2 Å². The van der Waals surface area contributed by atoms with Crippen molar-refractivity contribution in [2.75, 3.05) is 0 Å². The van der Waals surface area contributed by atoms with Gasteiger partial charge < -0.3 is 0 Å². The monoisotopic (exact) mass is 462 g/mol.